The molecule has 0 saturated heterocycles. The highest BCUT2D eigenvalue weighted by molar-refractivity contribution is 7.90. The summed E-state index contributed by atoms with van der Waals surface area (Å²) in [7, 11) is -3.42. The molecule has 3 aromatic rings. The van der Waals surface area contributed by atoms with Crippen LogP contribution in [0.1, 0.15) is 26.5 Å². The van der Waals surface area contributed by atoms with Crippen molar-refractivity contribution < 1.29 is 21.6 Å². The van der Waals surface area contributed by atoms with E-state index in [2.05, 4.69) is 25.6 Å². The topological polar surface area (TPSA) is 96.9 Å². The van der Waals surface area contributed by atoms with Crippen LogP contribution in [0, 0.1) is 5.82 Å². The summed E-state index contributed by atoms with van der Waals surface area (Å²) in [5, 5.41) is 6.05. The number of pyridine rings is 1. The first kappa shape index (κ1) is 23.5. The molecule has 0 saturated carbocycles. The third kappa shape index (κ3) is 5.94. The van der Waals surface area contributed by atoms with Gasteiger partial charge < -0.3 is 10.6 Å². The summed E-state index contributed by atoms with van der Waals surface area (Å²) >= 11 is 0. The number of sulfone groups is 1. The van der Waals surface area contributed by atoms with Gasteiger partial charge in [0.25, 0.3) is 5.92 Å². The molecule has 0 aliphatic rings. The number of rotatable bonds is 7. The van der Waals surface area contributed by atoms with Gasteiger partial charge in [0.05, 0.1) is 4.90 Å². The number of aromatic nitrogens is 3. The van der Waals surface area contributed by atoms with Crippen molar-refractivity contribution in [3.8, 4) is 11.5 Å². The zero-order valence-corrected chi connectivity index (χ0v) is 18.6. The minimum Gasteiger partial charge on any atom is -0.368 e. The Bertz CT molecular complexity index is 1240. The van der Waals surface area contributed by atoms with E-state index in [1.54, 1.807) is 18.2 Å². The van der Waals surface area contributed by atoms with E-state index in [1.807, 2.05) is 13.8 Å². The van der Waals surface area contributed by atoms with Gasteiger partial charge in [0, 0.05) is 43.1 Å². The molecule has 0 radical (unpaired) electrons. The average molecular weight is 466 g/mol. The van der Waals surface area contributed by atoms with Gasteiger partial charge in [-0.15, -0.1) is 0 Å². The molecule has 0 spiro atoms. The zero-order chi connectivity index (χ0) is 23.7. The van der Waals surface area contributed by atoms with E-state index >= 15 is 0 Å². The number of nitrogens with zero attached hydrogens (tertiary/aromatic N) is 3. The molecule has 0 atom stereocenters. The number of nitrogens with one attached hydrogen (secondary N) is 2. The van der Waals surface area contributed by atoms with Crippen LogP contribution in [0.2, 0.25) is 0 Å². The van der Waals surface area contributed by atoms with Crippen molar-refractivity contribution >= 4 is 27.2 Å². The molecule has 2 heterocycles. The molecule has 2 N–H and O–H groups in total. The highest BCUT2D eigenvalue weighted by Gasteiger charge is 2.28. The van der Waals surface area contributed by atoms with Crippen LogP contribution in [0.15, 0.2) is 47.4 Å². The van der Waals surface area contributed by atoms with Gasteiger partial charge in [-0.2, -0.15) is 8.78 Å². The Balaban J connectivity index is 2.08. The third-order valence-electron chi connectivity index (χ3n) is 4.17. The first-order valence-electron chi connectivity index (χ1n) is 9.60. The maximum Gasteiger partial charge on any atom is 0.287 e. The fraction of sp³-hybridized carbons (Fsp3) is 0.286. The van der Waals surface area contributed by atoms with Gasteiger partial charge in [0.2, 0.25) is 0 Å². The molecule has 0 unspecified atom stereocenters. The van der Waals surface area contributed by atoms with E-state index < -0.39 is 27.3 Å². The summed E-state index contributed by atoms with van der Waals surface area (Å²) < 4.78 is 65.2. The third-order valence-corrected chi connectivity index (χ3v) is 5.28. The number of alkyl halides is 2. The maximum absolute atomic E-state index is 14.0. The number of benzene rings is 1. The molecular formula is C21H22F3N5O2S. The lowest BCUT2D eigenvalue weighted by atomic mass is 10.2. The van der Waals surface area contributed by atoms with Crippen molar-refractivity contribution in [1.82, 2.24) is 15.0 Å². The highest BCUT2D eigenvalue weighted by atomic mass is 32.2. The van der Waals surface area contributed by atoms with Gasteiger partial charge in [-0.1, -0.05) is 6.07 Å². The molecule has 2 aromatic heterocycles. The van der Waals surface area contributed by atoms with Crippen molar-refractivity contribution in [2.75, 3.05) is 16.9 Å². The summed E-state index contributed by atoms with van der Waals surface area (Å²) in [5.41, 5.74) is -0.475. The van der Waals surface area contributed by atoms with Crippen LogP contribution >= 0.6 is 0 Å². The molecule has 0 aliphatic carbocycles. The molecule has 32 heavy (non-hydrogen) atoms. The van der Waals surface area contributed by atoms with E-state index in [1.165, 1.54) is 12.1 Å². The molecule has 170 valence electrons. The van der Waals surface area contributed by atoms with Gasteiger partial charge in [-0.05, 0) is 32.0 Å². The molecule has 3 rings (SSSR count). The van der Waals surface area contributed by atoms with Gasteiger partial charge in [-0.25, -0.2) is 27.8 Å². The van der Waals surface area contributed by atoms with E-state index in [4.69, 9.17) is 0 Å². The van der Waals surface area contributed by atoms with Crippen molar-refractivity contribution in [1.29, 1.82) is 0 Å². The van der Waals surface area contributed by atoms with E-state index in [0.29, 0.717) is 24.5 Å². The van der Waals surface area contributed by atoms with Crippen LogP contribution in [0.4, 0.5) is 30.5 Å². The van der Waals surface area contributed by atoms with Crippen molar-refractivity contribution in [2.24, 2.45) is 0 Å². The SMILES string of the molecule is CC(C)Nc1cc(Nc2cccc(S(C)(=O)=O)c2)nc(-c2cc(F)cc(C(C)(F)F)n2)n1. The predicted octanol–water partition coefficient (Wildman–Crippen LogP) is 4.76. The number of hydrogen-bond donors (Lipinski definition) is 2. The molecular weight excluding hydrogens is 443 g/mol. The Morgan fingerprint density at radius 2 is 1.69 bits per heavy atom. The van der Waals surface area contributed by atoms with E-state index in [9.17, 15) is 21.6 Å². The lowest BCUT2D eigenvalue weighted by Crippen LogP contribution is -2.14. The summed E-state index contributed by atoms with van der Waals surface area (Å²) in [6, 6.07) is 9.28. The van der Waals surface area contributed by atoms with Gasteiger partial charge >= 0.3 is 0 Å². The first-order valence-corrected chi connectivity index (χ1v) is 11.5. The first-order chi connectivity index (χ1) is 14.8. The van der Waals surface area contributed by atoms with Crippen molar-refractivity contribution in [3.05, 3.63) is 54.0 Å². The second-order valence-corrected chi connectivity index (χ2v) is 9.65. The molecule has 0 aliphatic heterocycles. The van der Waals surface area contributed by atoms with Crippen LogP contribution in [0.3, 0.4) is 0 Å². The zero-order valence-electron chi connectivity index (χ0n) is 17.8. The smallest absolute Gasteiger partial charge is 0.287 e. The fourth-order valence-corrected chi connectivity index (χ4v) is 3.45. The van der Waals surface area contributed by atoms with Crippen LogP contribution < -0.4 is 10.6 Å². The van der Waals surface area contributed by atoms with Crippen LogP contribution in [0.25, 0.3) is 11.5 Å². The number of anilines is 3. The fourth-order valence-electron chi connectivity index (χ4n) is 2.78. The second-order valence-electron chi connectivity index (χ2n) is 7.63. The molecule has 7 nitrogen and oxygen atoms in total. The van der Waals surface area contributed by atoms with Crippen LogP contribution in [-0.4, -0.2) is 35.7 Å². The van der Waals surface area contributed by atoms with E-state index in [-0.39, 0.29) is 28.3 Å². The monoisotopic (exact) mass is 465 g/mol. The summed E-state index contributed by atoms with van der Waals surface area (Å²) in [6.07, 6.45) is 1.09. The summed E-state index contributed by atoms with van der Waals surface area (Å²) in [4.78, 5) is 12.5. The molecule has 1 aromatic carbocycles. The van der Waals surface area contributed by atoms with Crippen molar-refractivity contribution in [2.45, 2.75) is 37.6 Å². The Labute approximate surface area is 184 Å². The second kappa shape index (κ2) is 8.73. The largest absolute Gasteiger partial charge is 0.368 e. The minimum atomic E-state index is -3.42. The summed E-state index contributed by atoms with van der Waals surface area (Å²) in [6.45, 7) is 4.37. The summed E-state index contributed by atoms with van der Waals surface area (Å²) in [5.74, 6) is -3.74. The Kier molecular flexibility index (Phi) is 6.40. The number of halogens is 3. The van der Waals surface area contributed by atoms with Gasteiger partial charge in [0.15, 0.2) is 15.7 Å². The molecule has 0 amide bonds. The van der Waals surface area contributed by atoms with Crippen LogP contribution in [0.5, 0.6) is 0 Å². The van der Waals surface area contributed by atoms with Crippen molar-refractivity contribution in [3.63, 3.8) is 0 Å². The highest BCUT2D eigenvalue weighted by Crippen LogP contribution is 2.29. The van der Waals surface area contributed by atoms with Crippen LogP contribution in [-0.2, 0) is 15.8 Å². The Hall–Kier alpha value is -3.21. The van der Waals surface area contributed by atoms with E-state index in [0.717, 1.165) is 12.3 Å². The lowest BCUT2D eigenvalue weighted by molar-refractivity contribution is 0.0125. The maximum atomic E-state index is 14.0. The van der Waals surface area contributed by atoms with Gasteiger partial charge in [0.1, 0.15) is 28.8 Å². The normalized spacial score (nSPS) is 12.1. The molecule has 0 bridgehead atoms. The molecule has 0 fully saturated rings. The van der Waals surface area contributed by atoms with Gasteiger partial charge in [-0.3, -0.25) is 0 Å². The number of hydrogen-bond acceptors (Lipinski definition) is 7. The minimum absolute atomic E-state index is 0.0184. The standard InChI is InChI=1S/C21H22F3N5O2S/c1-12(2)25-18-11-19(26-14-6-5-7-15(10-14)32(4,30)31)29-20(28-18)16-8-13(22)9-17(27-16)21(3,23)24/h5-12H,1-4H3,(H2,25,26,28,29). The predicted molar refractivity (Wildman–Crippen MR) is 116 cm³/mol. The average Bonchev–Trinajstić information content (AvgIpc) is 2.65. The lowest BCUT2D eigenvalue weighted by Gasteiger charge is -2.15. The molecule has 11 heteroatoms. The Morgan fingerprint density at radius 1 is 1.00 bits per heavy atom. The Morgan fingerprint density at radius 3 is 2.31 bits per heavy atom. The quantitative estimate of drug-likeness (QED) is 0.519.